The van der Waals surface area contributed by atoms with Crippen LogP contribution in [-0.4, -0.2) is 19.8 Å². The predicted octanol–water partition coefficient (Wildman–Crippen LogP) is 4.01. The lowest BCUT2D eigenvalue weighted by molar-refractivity contribution is -0.171. The summed E-state index contributed by atoms with van der Waals surface area (Å²) < 4.78 is 17.8. The van der Waals surface area contributed by atoms with Gasteiger partial charge in [-0.1, -0.05) is 13.3 Å². The third kappa shape index (κ3) is 2.57. The highest BCUT2D eigenvalue weighted by molar-refractivity contribution is 5.50. The number of hydrogen-bond acceptors (Lipinski definition) is 3. The van der Waals surface area contributed by atoms with Gasteiger partial charge in [0.2, 0.25) is 0 Å². The number of hydrogen-bond donors (Lipinski definition) is 0. The van der Waals surface area contributed by atoms with Crippen molar-refractivity contribution in [2.24, 2.45) is 0 Å². The fourth-order valence-corrected chi connectivity index (χ4v) is 3.13. The van der Waals surface area contributed by atoms with Crippen molar-refractivity contribution in [3.8, 4) is 5.75 Å². The molecule has 0 saturated carbocycles. The molecule has 1 aliphatic rings. The van der Waals surface area contributed by atoms with Gasteiger partial charge in [-0.2, -0.15) is 0 Å². The minimum absolute atomic E-state index is 0.557. The van der Waals surface area contributed by atoms with Crippen molar-refractivity contribution in [3.63, 3.8) is 0 Å². The maximum absolute atomic E-state index is 6.02. The minimum atomic E-state index is -0.557. The van der Waals surface area contributed by atoms with E-state index in [1.165, 1.54) is 22.3 Å². The molecule has 1 aliphatic heterocycles. The van der Waals surface area contributed by atoms with Crippen LogP contribution in [0.15, 0.2) is 6.07 Å². The normalized spacial score (nSPS) is 17.4. The Kier molecular flexibility index (Phi) is 4.71. The first-order valence-electron chi connectivity index (χ1n) is 7.57. The molecule has 1 heterocycles. The molecule has 0 unspecified atom stereocenters. The Morgan fingerprint density at radius 2 is 1.75 bits per heavy atom. The molecule has 0 bridgehead atoms. The Balaban J connectivity index is 2.53. The molecule has 3 heteroatoms. The average Bonchev–Trinajstić information content (AvgIpc) is 2.86. The van der Waals surface area contributed by atoms with E-state index >= 15 is 0 Å². The zero-order valence-corrected chi connectivity index (χ0v) is 13.3. The first-order valence-corrected chi connectivity index (χ1v) is 7.57. The molecule has 0 aliphatic carbocycles. The van der Waals surface area contributed by atoms with Crippen LogP contribution in [0.25, 0.3) is 0 Å². The molecule has 0 radical (unpaired) electrons. The van der Waals surface area contributed by atoms with E-state index in [9.17, 15) is 0 Å². The van der Waals surface area contributed by atoms with Gasteiger partial charge in [0, 0.05) is 12.0 Å². The molecule has 0 amide bonds. The Labute approximate surface area is 122 Å². The highest BCUT2D eigenvalue weighted by atomic mass is 16.7. The number of ether oxygens (including phenoxy) is 3. The van der Waals surface area contributed by atoms with Crippen LogP contribution in [-0.2, 0) is 15.3 Å². The fraction of sp³-hybridized carbons (Fsp3) is 0.647. The Morgan fingerprint density at radius 3 is 2.30 bits per heavy atom. The molecule has 1 fully saturated rings. The zero-order chi connectivity index (χ0) is 14.8. The van der Waals surface area contributed by atoms with Gasteiger partial charge in [0.15, 0.2) is 5.79 Å². The smallest absolute Gasteiger partial charge is 0.195 e. The summed E-state index contributed by atoms with van der Waals surface area (Å²) in [5.74, 6) is 0.411. The predicted molar refractivity (Wildman–Crippen MR) is 80.3 cm³/mol. The van der Waals surface area contributed by atoms with E-state index in [2.05, 4.69) is 33.8 Å². The van der Waals surface area contributed by atoms with Gasteiger partial charge in [-0.15, -0.1) is 0 Å². The molecule has 0 spiro atoms. The van der Waals surface area contributed by atoms with Gasteiger partial charge in [-0.05, 0) is 50.5 Å². The van der Waals surface area contributed by atoms with Crippen molar-refractivity contribution in [1.82, 2.24) is 0 Å². The topological polar surface area (TPSA) is 27.7 Å². The summed E-state index contributed by atoms with van der Waals surface area (Å²) >= 11 is 0. The highest BCUT2D eigenvalue weighted by Gasteiger charge is 2.40. The summed E-state index contributed by atoms with van der Waals surface area (Å²) in [5, 5.41) is 0. The fourth-order valence-electron chi connectivity index (χ4n) is 3.13. The van der Waals surface area contributed by atoms with E-state index in [-0.39, 0.29) is 0 Å². The molecular formula is C17H26O3. The third-order valence-corrected chi connectivity index (χ3v) is 4.06. The second kappa shape index (κ2) is 6.15. The van der Waals surface area contributed by atoms with Gasteiger partial charge in [-0.25, -0.2) is 0 Å². The van der Waals surface area contributed by atoms with Gasteiger partial charge < -0.3 is 14.2 Å². The maximum atomic E-state index is 6.02. The molecule has 0 N–H and O–H groups in total. The van der Waals surface area contributed by atoms with Crippen LogP contribution < -0.4 is 4.74 Å². The Bertz CT molecular complexity index is 474. The van der Waals surface area contributed by atoms with Gasteiger partial charge >= 0.3 is 0 Å². The monoisotopic (exact) mass is 278 g/mol. The van der Waals surface area contributed by atoms with Crippen LogP contribution in [0.5, 0.6) is 5.75 Å². The van der Waals surface area contributed by atoms with Crippen molar-refractivity contribution in [2.45, 2.75) is 53.2 Å². The van der Waals surface area contributed by atoms with Crippen molar-refractivity contribution >= 4 is 0 Å². The lowest BCUT2D eigenvalue weighted by atomic mass is 9.89. The van der Waals surface area contributed by atoms with E-state index in [0.717, 1.165) is 18.6 Å². The van der Waals surface area contributed by atoms with Crippen LogP contribution in [0.4, 0.5) is 0 Å². The standard InChI is InChI=1S/C17H26O3/c1-6-8-17(19-9-10-20-17)16-12(3)11-15(18-7-2)13(4)14(16)5/h11H,6-10H2,1-5H3. The third-order valence-electron chi connectivity index (χ3n) is 4.06. The second-order valence-corrected chi connectivity index (χ2v) is 5.45. The molecular weight excluding hydrogens is 252 g/mol. The van der Waals surface area contributed by atoms with Gasteiger partial charge in [0.05, 0.1) is 19.8 Å². The molecule has 1 aromatic carbocycles. The summed E-state index contributed by atoms with van der Waals surface area (Å²) in [6, 6.07) is 2.11. The Morgan fingerprint density at radius 1 is 1.10 bits per heavy atom. The molecule has 3 nitrogen and oxygen atoms in total. The lowest BCUT2D eigenvalue weighted by Crippen LogP contribution is -2.29. The first kappa shape index (κ1) is 15.3. The summed E-state index contributed by atoms with van der Waals surface area (Å²) in [4.78, 5) is 0. The van der Waals surface area contributed by atoms with E-state index < -0.39 is 5.79 Å². The maximum Gasteiger partial charge on any atom is 0.195 e. The van der Waals surface area contributed by atoms with Crippen LogP contribution in [0, 0.1) is 20.8 Å². The van der Waals surface area contributed by atoms with Crippen molar-refractivity contribution in [3.05, 3.63) is 28.3 Å². The molecule has 0 aromatic heterocycles. The molecule has 1 saturated heterocycles. The van der Waals surface area contributed by atoms with Crippen molar-refractivity contribution in [2.75, 3.05) is 19.8 Å². The van der Waals surface area contributed by atoms with Gasteiger partial charge in [0.1, 0.15) is 5.75 Å². The molecule has 2 rings (SSSR count). The Hall–Kier alpha value is -1.06. The zero-order valence-electron chi connectivity index (χ0n) is 13.3. The van der Waals surface area contributed by atoms with E-state index in [1.807, 2.05) is 6.92 Å². The van der Waals surface area contributed by atoms with E-state index in [4.69, 9.17) is 14.2 Å². The van der Waals surface area contributed by atoms with Crippen LogP contribution >= 0.6 is 0 Å². The van der Waals surface area contributed by atoms with Crippen molar-refractivity contribution < 1.29 is 14.2 Å². The van der Waals surface area contributed by atoms with E-state index in [0.29, 0.717) is 19.8 Å². The van der Waals surface area contributed by atoms with E-state index in [1.54, 1.807) is 0 Å². The van der Waals surface area contributed by atoms with Crippen molar-refractivity contribution in [1.29, 1.82) is 0 Å². The summed E-state index contributed by atoms with van der Waals surface area (Å²) in [6.07, 6.45) is 1.92. The minimum Gasteiger partial charge on any atom is -0.494 e. The number of aryl methyl sites for hydroxylation is 1. The van der Waals surface area contributed by atoms with Crippen LogP contribution in [0.2, 0.25) is 0 Å². The molecule has 1 aromatic rings. The number of benzene rings is 1. The molecule has 20 heavy (non-hydrogen) atoms. The average molecular weight is 278 g/mol. The summed E-state index contributed by atoms with van der Waals surface area (Å²) in [7, 11) is 0. The summed E-state index contributed by atoms with van der Waals surface area (Å²) in [6.45, 7) is 12.6. The largest absolute Gasteiger partial charge is 0.494 e. The second-order valence-electron chi connectivity index (χ2n) is 5.45. The quantitative estimate of drug-likeness (QED) is 0.814. The lowest BCUT2D eigenvalue weighted by Gasteiger charge is -2.32. The van der Waals surface area contributed by atoms with Crippen LogP contribution in [0.3, 0.4) is 0 Å². The van der Waals surface area contributed by atoms with Crippen LogP contribution in [0.1, 0.15) is 48.9 Å². The van der Waals surface area contributed by atoms with Gasteiger partial charge in [0.25, 0.3) is 0 Å². The molecule has 112 valence electrons. The number of rotatable bonds is 5. The SMILES string of the molecule is CCCC1(c2c(C)cc(OCC)c(C)c2C)OCCO1. The first-order chi connectivity index (χ1) is 9.55. The summed E-state index contributed by atoms with van der Waals surface area (Å²) in [5.41, 5.74) is 4.79. The molecule has 0 atom stereocenters. The highest BCUT2D eigenvalue weighted by Crippen LogP contribution is 2.42. The van der Waals surface area contributed by atoms with Gasteiger partial charge in [-0.3, -0.25) is 0 Å².